The number of amides is 1. The molecule has 4 rings (SSSR count). The zero-order valence-electron chi connectivity index (χ0n) is 18.5. The second-order valence-electron chi connectivity index (χ2n) is 7.46. The maximum absolute atomic E-state index is 12.8. The van der Waals surface area contributed by atoms with Crippen molar-refractivity contribution < 1.29 is 14.3 Å². The van der Waals surface area contributed by atoms with Crippen LogP contribution in [0.3, 0.4) is 0 Å². The van der Waals surface area contributed by atoms with E-state index in [1.165, 1.54) is 0 Å². The zero-order valence-corrected chi connectivity index (χ0v) is 18.5. The largest absolute Gasteiger partial charge is 0.497 e. The van der Waals surface area contributed by atoms with Crippen LogP contribution in [-0.4, -0.2) is 29.7 Å². The van der Waals surface area contributed by atoms with E-state index in [1.54, 1.807) is 50.7 Å². The quantitative estimate of drug-likeness (QED) is 0.446. The summed E-state index contributed by atoms with van der Waals surface area (Å²) in [6.45, 7) is 4.15. The summed E-state index contributed by atoms with van der Waals surface area (Å²) in [5.74, 6) is 0.992. The first-order chi connectivity index (χ1) is 15.5. The van der Waals surface area contributed by atoms with Gasteiger partial charge in [0.1, 0.15) is 11.5 Å². The Bertz CT molecular complexity index is 1220. The molecule has 2 aromatic heterocycles. The van der Waals surface area contributed by atoms with Crippen molar-refractivity contribution >= 4 is 11.6 Å². The van der Waals surface area contributed by atoms with Gasteiger partial charge >= 0.3 is 0 Å². The molecule has 0 aliphatic heterocycles. The van der Waals surface area contributed by atoms with Crippen molar-refractivity contribution in [1.29, 1.82) is 0 Å². The lowest BCUT2D eigenvalue weighted by Gasteiger charge is -2.14. The van der Waals surface area contributed by atoms with Gasteiger partial charge < -0.3 is 19.4 Å². The van der Waals surface area contributed by atoms with Gasteiger partial charge in [-0.05, 0) is 50.2 Å². The molecule has 32 heavy (non-hydrogen) atoms. The number of pyridine rings is 1. The highest BCUT2D eigenvalue weighted by atomic mass is 16.5. The first kappa shape index (κ1) is 21.2. The second kappa shape index (κ2) is 8.98. The van der Waals surface area contributed by atoms with E-state index in [4.69, 9.17) is 9.47 Å². The van der Waals surface area contributed by atoms with Gasteiger partial charge in [0, 0.05) is 52.6 Å². The minimum atomic E-state index is -0.217. The maximum atomic E-state index is 12.8. The lowest BCUT2D eigenvalue weighted by molar-refractivity contribution is 0.102. The van der Waals surface area contributed by atoms with Crippen LogP contribution in [0, 0.1) is 13.8 Å². The lowest BCUT2D eigenvalue weighted by atomic mass is 10.1. The Kier molecular flexibility index (Phi) is 5.94. The fourth-order valence-corrected chi connectivity index (χ4v) is 3.71. The summed E-state index contributed by atoms with van der Waals surface area (Å²) in [7, 11) is 3.14. The summed E-state index contributed by atoms with van der Waals surface area (Å²) in [5, 5.41) is 2.90. The van der Waals surface area contributed by atoms with Gasteiger partial charge in [-0.2, -0.15) is 0 Å². The summed E-state index contributed by atoms with van der Waals surface area (Å²) in [4.78, 5) is 17.4. The van der Waals surface area contributed by atoms with Crippen molar-refractivity contribution in [2.45, 2.75) is 13.8 Å². The number of hydrogen-bond acceptors (Lipinski definition) is 4. The van der Waals surface area contributed by atoms with Gasteiger partial charge in [-0.1, -0.05) is 12.1 Å². The number of hydrogen-bond donors (Lipinski definition) is 1. The van der Waals surface area contributed by atoms with Crippen LogP contribution < -0.4 is 14.8 Å². The second-order valence-corrected chi connectivity index (χ2v) is 7.46. The van der Waals surface area contributed by atoms with Crippen molar-refractivity contribution in [3.63, 3.8) is 0 Å². The van der Waals surface area contributed by atoms with E-state index in [9.17, 15) is 4.79 Å². The van der Waals surface area contributed by atoms with Gasteiger partial charge in [-0.15, -0.1) is 0 Å². The van der Waals surface area contributed by atoms with Crippen LogP contribution in [0.15, 0.2) is 72.9 Å². The Hall–Kier alpha value is -4.06. The first-order valence-corrected chi connectivity index (χ1v) is 10.3. The number of benzene rings is 2. The number of nitrogens with one attached hydrogen (secondary N) is 1. The number of nitrogens with zero attached hydrogens (tertiary/aromatic N) is 2. The summed E-state index contributed by atoms with van der Waals surface area (Å²) >= 11 is 0. The van der Waals surface area contributed by atoms with Crippen LogP contribution in [0.1, 0.15) is 21.7 Å². The monoisotopic (exact) mass is 427 g/mol. The molecule has 0 bridgehead atoms. The highest BCUT2D eigenvalue weighted by Gasteiger charge is 2.13. The van der Waals surface area contributed by atoms with Crippen molar-refractivity contribution in [2.75, 3.05) is 19.5 Å². The molecule has 1 N–H and O–H groups in total. The van der Waals surface area contributed by atoms with E-state index < -0.39 is 0 Å². The van der Waals surface area contributed by atoms with E-state index in [-0.39, 0.29) is 5.91 Å². The average Bonchev–Trinajstić information content (AvgIpc) is 3.16. The Morgan fingerprint density at radius 3 is 2.09 bits per heavy atom. The molecule has 0 radical (unpaired) electrons. The highest BCUT2D eigenvalue weighted by molar-refractivity contribution is 6.04. The fraction of sp³-hybridized carbons (Fsp3) is 0.154. The van der Waals surface area contributed by atoms with E-state index >= 15 is 0 Å². The Balaban J connectivity index is 1.61. The Labute approximate surface area is 187 Å². The van der Waals surface area contributed by atoms with Crippen LogP contribution in [-0.2, 0) is 0 Å². The molecule has 0 fully saturated rings. The van der Waals surface area contributed by atoms with Crippen molar-refractivity contribution in [2.24, 2.45) is 0 Å². The minimum Gasteiger partial charge on any atom is -0.497 e. The third-order valence-electron chi connectivity index (χ3n) is 5.33. The van der Waals surface area contributed by atoms with E-state index in [0.29, 0.717) is 22.7 Å². The van der Waals surface area contributed by atoms with E-state index in [1.807, 2.05) is 18.2 Å². The smallest absolute Gasteiger partial charge is 0.255 e. The molecule has 4 aromatic rings. The molecule has 6 nitrogen and oxygen atoms in total. The molecule has 162 valence electrons. The number of carbonyl (C=O) groups excluding carboxylic acids is 1. The lowest BCUT2D eigenvalue weighted by Crippen LogP contribution is -2.12. The molecule has 0 atom stereocenters. The fourth-order valence-electron chi connectivity index (χ4n) is 3.71. The van der Waals surface area contributed by atoms with Crippen molar-refractivity contribution in [1.82, 2.24) is 9.55 Å². The predicted molar refractivity (Wildman–Crippen MR) is 126 cm³/mol. The average molecular weight is 428 g/mol. The summed E-state index contributed by atoms with van der Waals surface area (Å²) in [6, 6.07) is 20.9. The van der Waals surface area contributed by atoms with E-state index in [0.717, 1.165) is 28.3 Å². The molecular formula is C26H25N3O3. The van der Waals surface area contributed by atoms with Gasteiger partial charge in [0.2, 0.25) is 0 Å². The molecular weight excluding hydrogens is 402 g/mol. The molecule has 0 saturated heterocycles. The van der Waals surface area contributed by atoms with Crippen LogP contribution in [0.4, 0.5) is 5.69 Å². The van der Waals surface area contributed by atoms with Crippen LogP contribution >= 0.6 is 0 Å². The molecule has 0 aliphatic rings. The van der Waals surface area contributed by atoms with Gasteiger partial charge in [0.05, 0.1) is 25.6 Å². The number of rotatable bonds is 6. The third-order valence-corrected chi connectivity index (χ3v) is 5.33. The number of aryl methyl sites for hydroxylation is 2. The Morgan fingerprint density at radius 2 is 1.50 bits per heavy atom. The zero-order chi connectivity index (χ0) is 22.7. The number of carbonyl (C=O) groups is 1. The normalized spacial score (nSPS) is 10.6. The summed E-state index contributed by atoms with van der Waals surface area (Å²) in [5.41, 5.74) is 6.23. The predicted octanol–water partition coefficient (Wildman–Crippen LogP) is 5.43. The minimum absolute atomic E-state index is 0.217. The molecule has 6 heteroatoms. The number of anilines is 1. The standard InChI is InChI=1S/C26H25N3O3/c1-17-7-8-18(2)29(17)24-6-5-13-27-25(24)19-9-11-20(12-10-19)26(30)28-21-14-22(31-3)16-23(15-21)32-4/h5-16H,1-4H3,(H,28,30). The Morgan fingerprint density at radius 1 is 0.875 bits per heavy atom. The van der Waals surface area contributed by atoms with Gasteiger partial charge in [0.15, 0.2) is 0 Å². The number of ether oxygens (including phenoxy) is 2. The number of aromatic nitrogens is 2. The molecule has 2 aromatic carbocycles. The summed E-state index contributed by atoms with van der Waals surface area (Å²) < 4.78 is 12.7. The SMILES string of the molecule is COc1cc(NC(=O)c2ccc(-c3ncccc3-n3c(C)ccc3C)cc2)cc(OC)c1. The van der Waals surface area contributed by atoms with Gasteiger partial charge in [0.25, 0.3) is 5.91 Å². The first-order valence-electron chi connectivity index (χ1n) is 10.3. The van der Waals surface area contributed by atoms with Crippen LogP contribution in [0.5, 0.6) is 11.5 Å². The topological polar surface area (TPSA) is 65.4 Å². The molecule has 0 aliphatic carbocycles. The van der Waals surface area contributed by atoms with Crippen molar-refractivity contribution in [3.8, 4) is 28.4 Å². The number of methoxy groups -OCH3 is 2. The van der Waals surface area contributed by atoms with Crippen LogP contribution in [0.2, 0.25) is 0 Å². The molecule has 0 spiro atoms. The highest BCUT2D eigenvalue weighted by Crippen LogP contribution is 2.28. The molecule has 0 saturated carbocycles. The summed E-state index contributed by atoms with van der Waals surface area (Å²) in [6.07, 6.45) is 1.78. The van der Waals surface area contributed by atoms with Gasteiger partial charge in [-0.3, -0.25) is 9.78 Å². The molecule has 2 heterocycles. The molecule has 0 unspecified atom stereocenters. The van der Waals surface area contributed by atoms with Gasteiger partial charge in [-0.25, -0.2) is 0 Å². The third kappa shape index (κ3) is 4.21. The van der Waals surface area contributed by atoms with Crippen LogP contribution in [0.25, 0.3) is 16.9 Å². The van der Waals surface area contributed by atoms with E-state index in [2.05, 4.69) is 46.9 Å². The van der Waals surface area contributed by atoms with Crippen molar-refractivity contribution in [3.05, 3.63) is 89.9 Å². The molecule has 1 amide bonds. The maximum Gasteiger partial charge on any atom is 0.255 e.